The minimum absolute atomic E-state index is 0.0555. The number of carbonyl (C=O) groups is 1. The van der Waals surface area contributed by atoms with Crippen LogP contribution in [-0.2, 0) is 6.42 Å². The summed E-state index contributed by atoms with van der Waals surface area (Å²) in [4.78, 5) is 20.6. The van der Waals surface area contributed by atoms with Crippen LogP contribution in [0.15, 0.2) is 48.8 Å². The second-order valence-corrected chi connectivity index (χ2v) is 6.17. The average Bonchev–Trinajstić information content (AvgIpc) is 3.09. The van der Waals surface area contributed by atoms with E-state index in [9.17, 15) is 9.18 Å². The van der Waals surface area contributed by atoms with Crippen LogP contribution < -0.4 is 10.1 Å². The van der Waals surface area contributed by atoms with Gasteiger partial charge < -0.3 is 10.1 Å². The second-order valence-electron chi connectivity index (χ2n) is 5.76. The van der Waals surface area contributed by atoms with Gasteiger partial charge in [0.15, 0.2) is 5.82 Å². The number of anilines is 1. The molecule has 2 heterocycles. The molecule has 4 rings (SSSR count). The number of fused-ring (bicyclic) bond motifs is 1. The van der Waals surface area contributed by atoms with Crippen molar-refractivity contribution in [3.05, 3.63) is 70.8 Å². The van der Waals surface area contributed by atoms with Crippen molar-refractivity contribution in [2.75, 3.05) is 11.9 Å². The predicted molar refractivity (Wildman–Crippen MR) is 96.0 cm³/mol. The Balaban J connectivity index is 1.56. The van der Waals surface area contributed by atoms with Gasteiger partial charge in [-0.25, -0.2) is 9.37 Å². The van der Waals surface area contributed by atoms with E-state index in [0.717, 1.165) is 23.3 Å². The van der Waals surface area contributed by atoms with Gasteiger partial charge in [-0.15, -0.1) is 0 Å². The molecule has 0 aliphatic carbocycles. The van der Waals surface area contributed by atoms with Gasteiger partial charge >= 0.3 is 0 Å². The second kappa shape index (κ2) is 6.72. The van der Waals surface area contributed by atoms with E-state index in [-0.39, 0.29) is 11.4 Å². The first-order valence-corrected chi connectivity index (χ1v) is 8.33. The van der Waals surface area contributed by atoms with Gasteiger partial charge in [0.05, 0.1) is 35.3 Å². The number of nitrogens with one attached hydrogen (secondary N) is 1. The SMILES string of the molecule is O=C(Nc1cnc(-c2cc3c(cc2Cl)OCC3)cn1)c1ccccc1F. The summed E-state index contributed by atoms with van der Waals surface area (Å²) >= 11 is 6.30. The van der Waals surface area contributed by atoms with Gasteiger partial charge in [0.1, 0.15) is 11.6 Å². The zero-order valence-electron chi connectivity index (χ0n) is 13.5. The van der Waals surface area contributed by atoms with Gasteiger partial charge in [-0.2, -0.15) is 0 Å². The number of halogens is 2. The molecule has 3 aromatic rings. The van der Waals surface area contributed by atoms with Gasteiger partial charge in [0.25, 0.3) is 5.91 Å². The summed E-state index contributed by atoms with van der Waals surface area (Å²) < 4.78 is 19.1. The standard InChI is InChI=1S/C19H13ClFN3O2/c20-14-8-17-11(5-6-26-17)7-13(14)16-9-23-18(10-22-16)24-19(25)12-3-1-2-4-15(12)21/h1-4,7-10H,5-6H2,(H,23,24,25). The van der Waals surface area contributed by atoms with Crippen LogP contribution in [0.4, 0.5) is 10.2 Å². The first-order valence-electron chi connectivity index (χ1n) is 7.95. The van der Waals surface area contributed by atoms with Crippen LogP contribution in [0.2, 0.25) is 5.02 Å². The third kappa shape index (κ3) is 3.11. The van der Waals surface area contributed by atoms with Crippen molar-refractivity contribution < 1.29 is 13.9 Å². The summed E-state index contributed by atoms with van der Waals surface area (Å²) in [5.74, 6) is -0.164. The molecule has 7 heteroatoms. The molecule has 0 saturated carbocycles. The lowest BCUT2D eigenvalue weighted by atomic mass is 10.1. The summed E-state index contributed by atoms with van der Waals surface area (Å²) in [7, 11) is 0. The van der Waals surface area contributed by atoms with Crippen LogP contribution >= 0.6 is 11.6 Å². The molecular formula is C19H13ClFN3O2. The summed E-state index contributed by atoms with van der Waals surface area (Å²) in [6.45, 7) is 0.641. The fourth-order valence-electron chi connectivity index (χ4n) is 2.76. The Labute approximate surface area is 153 Å². The number of aromatic nitrogens is 2. The molecular weight excluding hydrogens is 357 g/mol. The Morgan fingerprint density at radius 2 is 2.04 bits per heavy atom. The van der Waals surface area contributed by atoms with Crippen molar-refractivity contribution in [2.24, 2.45) is 0 Å². The zero-order valence-corrected chi connectivity index (χ0v) is 14.3. The van der Waals surface area contributed by atoms with Crippen molar-refractivity contribution in [2.45, 2.75) is 6.42 Å². The van der Waals surface area contributed by atoms with Crippen LogP contribution in [0.25, 0.3) is 11.3 Å². The average molecular weight is 370 g/mol. The largest absolute Gasteiger partial charge is 0.493 e. The maximum Gasteiger partial charge on any atom is 0.259 e. The number of amides is 1. The lowest BCUT2D eigenvalue weighted by Gasteiger charge is -2.08. The number of carbonyl (C=O) groups excluding carboxylic acids is 1. The Bertz CT molecular complexity index is 993. The van der Waals surface area contributed by atoms with E-state index in [1.54, 1.807) is 12.1 Å². The van der Waals surface area contributed by atoms with Crippen LogP contribution in [-0.4, -0.2) is 22.5 Å². The van der Waals surface area contributed by atoms with Crippen molar-refractivity contribution >= 4 is 23.3 Å². The molecule has 2 aromatic carbocycles. The molecule has 1 aliphatic rings. The summed E-state index contributed by atoms with van der Waals surface area (Å²) in [6.07, 6.45) is 3.75. The molecule has 0 atom stereocenters. The summed E-state index contributed by atoms with van der Waals surface area (Å²) in [6, 6.07) is 9.45. The Kier molecular flexibility index (Phi) is 4.26. The van der Waals surface area contributed by atoms with E-state index in [2.05, 4.69) is 15.3 Å². The molecule has 1 aliphatic heterocycles. The van der Waals surface area contributed by atoms with E-state index in [1.807, 2.05) is 6.07 Å². The van der Waals surface area contributed by atoms with Gasteiger partial charge in [0.2, 0.25) is 0 Å². The van der Waals surface area contributed by atoms with Crippen LogP contribution in [0.3, 0.4) is 0 Å². The number of hydrogen-bond acceptors (Lipinski definition) is 4. The Morgan fingerprint density at radius 1 is 1.19 bits per heavy atom. The molecule has 5 nitrogen and oxygen atoms in total. The van der Waals surface area contributed by atoms with E-state index in [4.69, 9.17) is 16.3 Å². The maximum atomic E-state index is 13.7. The van der Waals surface area contributed by atoms with Crippen LogP contribution in [0, 0.1) is 5.82 Å². The summed E-state index contributed by atoms with van der Waals surface area (Å²) in [5, 5.41) is 3.05. The Morgan fingerprint density at radius 3 is 2.81 bits per heavy atom. The molecule has 0 bridgehead atoms. The van der Waals surface area contributed by atoms with Crippen molar-refractivity contribution in [1.29, 1.82) is 0 Å². The molecule has 1 aromatic heterocycles. The van der Waals surface area contributed by atoms with E-state index >= 15 is 0 Å². The highest BCUT2D eigenvalue weighted by Crippen LogP contribution is 2.35. The minimum Gasteiger partial charge on any atom is -0.493 e. The number of rotatable bonds is 3. The molecule has 130 valence electrons. The fourth-order valence-corrected chi connectivity index (χ4v) is 3.01. The molecule has 0 spiro atoms. The lowest BCUT2D eigenvalue weighted by molar-refractivity contribution is 0.102. The third-order valence-corrected chi connectivity index (χ3v) is 4.38. The van der Waals surface area contributed by atoms with Crippen molar-refractivity contribution in [3.8, 4) is 17.0 Å². The fraction of sp³-hybridized carbons (Fsp3) is 0.105. The van der Waals surface area contributed by atoms with E-state index in [0.29, 0.717) is 17.3 Å². The maximum absolute atomic E-state index is 13.7. The van der Waals surface area contributed by atoms with E-state index < -0.39 is 11.7 Å². The first-order chi connectivity index (χ1) is 12.6. The quantitative estimate of drug-likeness (QED) is 0.754. The zero-order chi connectivity index (χ0) is 18.1. The first kappa shape index (κ1) is 16.5. The molecule has 0 saturated heterocycles. The molecule has 0 unspecified atom stereocenters. The van der Waals surface area contributed by atoms with Gasteiger partial charge in [-0.1, -0.05) is 23.7 Å². The van der Waals surface area contributed by atoms with Crippen LogP contribution in [0.1, 0.15) is 15.9 Å². The molecule has 26 heavy (non-hydrogen) atoms. The van der Waals surface area contributed by atoms with Crippen LogP contribution in [0.5, 0.6) is 5.75 Å². The number of hydrogen-bond donors (Lipinski definition) is 1. The van der Waals surface area contributed by atoms with E-state index in [1.165, 1.54) is 30.6 Å². The summed E-state index contributed by atoms with van der Waals surface area (Å²) in [5.41, 5.74) is 2.34. The Hall–Kier alpha value is -2.99. The highest BCUT2D eigenvalue weighted by Gasteiger charge is 2.17. The number of benzene rings is 2. The predicted octanol–water partition coefficient (Wildman–Crippen LogP) is 4.12. The third-order valence-electron chi connectivity index (χ3n) is 4.07. The normalized spacial score (nSPS) is 12.4. The molecule has 1 N–H and O–H groups in total. The molecule has 0 fully saturated rings. The highest BCUT2D eigenvalue weighted by atomic mass is 35.5. The topological polar surface area (TPSA) is 64.1 Å². The lowest BCUT2D eigenvalue weighted by Crippen LogP contribution is -2.14. The van der Waals surface area contributed by atoms with Crippen molar-refractivity contribution in [3.63, 3.8) is 0 Å². The van der Waals surface area contributed by atoms with Gasteiger partial charge in [-0.05, 0) is 29.8 Å². The number of nitrogens with zero attached hydrogens (tertiary/aromatic N) is 2. The number of ether oxygens (including phenoxy) is 1. The van der Waals surface area contributed by atoms with Crippen molar-refractivity contribution in [1.82, 2.24) is 9.97 Å². The molecule has 0 radical (unpaired) electrons. The smallest absolute Gasteiger partial charge is 0.259 e. The monoisotopic (exact) mass is 369 g/mol. The van der Waals surface area contributed by atoms with Gasteiger partial charge in [0, 0.05) is 12.0 Å². The molecule has 1 amide bonds. The van der Waals surface area contributed by atoms with Gasteiger partial charge in [-0.3, -0.25) is 9.78 Å². The highest BCUT2D eigenvalue weighted by molar-refractivity contribution is 6.33. The minimum atomic E-state index is -0.596.